The Morgan fingerprint density at radius 1 is 1.38 bits per heavy atom. The molecule has 132 valence electrons. The minimum absolute atomic E-state index is 0.0470. The van der Waals surface area contributed by atoms with E-state index >= 15 is 0 Å². The molecule has 0 aromatic heterocycles. The predicted molar refractivity (Wildman–Crippen MR) is 88.0 cm³/mol. The fourth-order valence-corrected chi connectivity index (χ4v) is 3.24. The molecular weight excluding hydrogens is 311 g/mol. The standard InChI is InChI=1S/C18H25FN2O3/c19-15-4-1-3-14(9-15)11-21(12-17-5-2-7-24-17)18(22)10-16-13-23-8-6-20-16/h1,3-4,9,16-17,20H,2,5-8,10-13H2. The molecule has 6 heteroatoms. The largest absolute Gasteiger partial charge is 0.378 e. The van der Waals surface area contributed by atoms with Gasteiger partial charge in [-0.3, -0.25) is 4.79 Å². The summed E-state index contributed by atoms with van der Waals surface area (Å²) in [6.45, 7) is 3.73. The second kappa shape index (κ2) is 8.55. The maximum atomic E-state index is 13.4. The number of carbonyl (C=O) groups excluding carboxylic acids is 1. The van der Waals surface area contributed by atoms with E-state index in [1.165, 1.54) is 12.1 Å². The van der Waals surface area contributed by atoms with Crippen LogP contribution < -0.4 is 5.32 Å². The van der Waals surface area contributed by atoms with E-state index in [2.05, 4.69) is 5.32 Å². The van der Waals surface area contributed by atoms with Gasteiger partial charge in [0.05, 0.1) is 19.3 Å². The van der Waals surface area contributed by atoms with Crippen LogP contribution in [-0.4, -0.2) is 55.9 Å². The quantitative estimate of drug-likeness (QED) is 0.859. The third-order valence-electron chi connectivity index (χ3n) is 4.48. The molecule has 24 heavy (non-hydrogen) atoms. The zero-order valence-electron chi connectivity index (χ0n) is 13.9. The van der Waals surface area contributed by atoms with Gasteiger partial charge < -0.3 is 19.7 Å². The molecule has 2 saturated heterocycles. The molecule has 0 radical (unpaired) electrons. The first-order valence-corrected chi connectivity index (χ1v) is 8.65. The van der Waals surface area contributed by atoms with Crippen molar-refractivity contribution in [1.82, 2.24) is 10.2 Å². The van der Waals surface area contributed by atoms with Crippen molar-refractivity contribution in [3.63, 3.8) is 0 Å². The zero-order valence-corrected chi connectivity index (χ0v) is 13.9. The number of nitrogens with one attached hydrogen (secondary N) is 1. The monoisotopic (exact) mass is 336 g/mol. The van der Waals surface area contributed by atoms with Crippen molar-refractivity contribution < 1.29 is 18.7 Å². The van der Waals surface area contributed by atoms with Crippen molar-refractivity contribution in [2.24, 2.45) is 0 Å². The van der Waals surface area contributed by atoms with E-state index in [1.807, 2.05) is 6.07 Å². The van der Waals surface area contributed by atoms with E-state index in [1.54, 1.807) is 11.0 Å². The van der Waals surface area contributed by atoms with E-state index in [0.29, 0.717) is 32.7 Å². The van der Waals surface area contributed by atoms with Crippen LogP contribution in [0.5, 0.6) is 0 Å². The van der Waals surface area contributed by atoms with Gasteiger partial charge in [-0.15, -0.1) is 0 Å². The van der Waals surface area contributed by atoms with E-state index in [4.69, 9.17) is 9.47 Å². The average Bonchev–Trinajstić information content (AvgIpc) is 3.08. The molecule has 0 saturated carbocycles. The fourth-order valence-electron chi connectivity index (χ4n) is 3.24. The number of hydrogen-bond donors (Lipinski definition) is 1. The van der Waals surface area contributed by atoms with Gasteiger partial charge in [-0.2, -0.15) is 0 Å². The summed E-state index contributed by atoms with van der Waals surface area (Å²) in [5.74, 6) is -0.225. The summed E-state index contributed by atoms with van der Waals surface area (Å²) in [6.07, 6.45) is 2.47. The Hall–Kier alpha value is -1.50. The lowest BCUT2D eigenvalue weighted by Gasteiger charge is -2.29. The molecular formula is C18H25FN2O3. The molecule has 5 nitrogen and oxygen atoms in total. The summed E-state index contributed by atoms with van der Waals surface area (Å²) in [5.41, 5.74) is 0.800. The van der Waals surface area contributed by atoms with Gasteiger partial charge in [0.15, 0.2) is 0 Å². The van der Waals surface area contributed by atoms with Crippen LogP contribution in [0.25, 0.3) is 0 Å². The summed E-state index contributed by atoms with van der Waals surface area (Å²) < 4.78 is 24.5. The van der Waals surface area contributed by atoms with Crippen molar-refractivity contribution in [3.8, 4) is 0 Å². The number of ether oxygens (including phenoxy) is 2. The molecule has 1 aromatic rings. The first-order valence-electron chi connectivity index (χ1n) is 8.65. The van der Waals surface area contributed by atoms with E-state index in [-0.39, 0.29) is 23.9 Å². The van der Waals surface area contributed by atoms with Crippen LogP contribution in [0, 0.1) is 5.82 Å². The molecule has 1 aromatic carbocycles. The first-order chi connectivity index (χ1) is 11.7. The van der Waals surface area contributed by atoms with E-state index in [9.17, 15) is 9.18 Å². The predicted octanol–water partition coefficient (Wildman–Crippen LogP) is 1.71. The molecule has 2 atom stereocenters. The third kappa shape index (κ3) is 5.00. The number of amides is 1. The van der Waals surface area contributed by atoms with Crippen LogP contribution in [-0.2, 0) is 20.8 Å². The molecule has 2 aliphatic rings. The van der Waals surface area contributed by atoms with Crippen LogP contribution in [0.4, 0.5) is 4.39 Å². The van der Waals surface area contributed by atoms with Crippen LogP contribution in [0.3, 0.4) is 0 Å². The molecule has 0 aliphatic carbocycles. The Labute approximate surface area is 142 Å². The molecule has 2 heterocycles. The van der Waals surface area contributed by atoms with Crippen molar-refractivity contribution in [2.75, 3.05) is 32.9 Å². The van der Waals surface area contributed by atoms with E-state index in [0.717, 1.165) is 31.6 Å². The lowest BCUT2D eigenvalue weighted by atomic mass is 10.1. The van der Waals surface area contributed by atoms with Gasteiger partial charge in [-0.25, -0.2) is 4.39 Å². The SMILES string of the molecule is O=C(CC1COCCN1)N(Cc1cccc(F)c1)CC1CCCO1. The molecule has 2 fully saturated rings. The maximum Gasteiger partial charge on any atom is 0.224 e. The summed E-state index contributed by atoms with van der Waals surface area (Å²) in [6, 6.07) is 6.47. The Morgan fingerprint density at radius 2 is 2.29 bits per heavy atom. The van der Waals surface area contributed by atoms with Crippen LogP contribution >= 0.6 is 0 Å². The highest BCUT2D eigenvalue weighted by Gasteiger charge is 2.25. The maximum absolute atomic E-state index is 13.4. The summed E-state index contributed by atoms with van der Waals surface area (Å²) >= 11 is 0. The Balaban J connectivity index is 1.64. The minimum Gasteiger partial charge on any atom is -0.378 e. The summed E-state index contributed by atoms with van der Waals surface area (Å²) in [4.78, 5) is 14.6. The number of carbonyl (C=O) groups is 1. The van der Waals surface area contributed by atoms with E-state index < -0.39 is 0 Å². The normalized spacial score (nSPS) is 24.0. The fraction of sp³-hybridized carbons (Fsp3) is 0.611. The van der Waals surface area contributed by atoms with Gasteiger partial charge >= 0.3 is 0 Å². The minimum atomic E-state index is -0.278. The Morgan fingerprint density at radius 3 is 3.00 bits per heavy atom. The topological polar surface area (TPSA) is 50.8 Å². The van der Waals surface area contributed by atoms with Crippen molar-refractivity contribution >= 4 is 5.91 Å². The van der Waals surface area contributed by atoms with Crippen molar-refractivity contribution in [1.29, 1.82) is 0 Å². The smallest absolute Gasteiger partial charge is 0.224 e. The molecule has 0 spiro atoms. The number of nitrogens with zero attached hydrogens (tertiary/aromatic N) is 1. The summed E-state index contributed by atoms with van der Waals surface area (Å²) in [7, 11) is 0. The number of morpholine rings is 1. The number of hydrogen-bond acceptors (Lipinski definition) is 4. The molecule has 3 rings (SSSR count). The first kappa shape index (κ1) is 17.3. The van der Waals surface area contributed by atoms with Gasteiger partial charge in [0.2, 0.25) is 5.91 Å². The molecule has 1 amide bonds. The lowest BCUT2D eigenvalue weighted by Crippen LogP contribution is -2.46. The molecule has 2 unspecified atom stereocenters. The van der Waals surface area contributed by atoms with Crippen LogP contribution in [0.15, 0.2) is 24.3 Å². The van der Waals surface area contributed by atoms with Gasteiger partial charge in [0.1, 0.15) is 5.82 Å². The van der Waals surface area contributed by atoms with Gasteiger partial charge in [-0.05, 0) is 30.5 Å². The van der Waals surface area contributed by atoms with Gasteiger partial charge in [0.25, 0.3) is 0 Å². The van der Waals surface area contributed by atoms with Gasteiger partial charge in [-0.1, -0.05) is 12.1 Å². The van der Waals surface area contributed by atoms with Crippen LogP contribution in [0.1, 0.15) is 24.8 Å². The summed E-state index contributed by atoms with van der Waals surface area (Å²) in [5, 5.41) is 3.31. The lowest BCUT2D eigenvalue weighted by molar-refractivity contribution is -0.134. The third-order valence-corrected chi connectivity index (χ3v) is 4.48. The average molecular weight is 336 g/mol. The highest BCUT2D eigenvalue weighted by atomic mass is 19.1. The number of rotatable bonds is 6. The Kier molecular flexibility index (Phi) is 6.18. The van der Waals surface area contributed by atoms with Gasteiger partial charge in [0, 0.05) is 38.7 Å². The van der Waals surface area contributed by atoms with Crippen molar-refractivity contribution in [3.05, 3.63) is 35.6 Å². The van der Waals surface area contributed by atoms with Crippen LogP contribution in [0.2, 0.25) is 0 Å². The molecule has 1 N–H and O–H groups in total. The number of halogens is 1. The highest BCUT2D eigenvalue weighted by molar-refractivity contribution is 5.77. The van der Waals surface area contributed by atoms with Crippen molar-refractivity contribution in [2.45, 2.75) is 38.0 Å². The molecule has 0 bridgehead atoms. The highest BCUT2D eigenvalue weighted by Crippen LogP contribution is 2.17. The second-order valence-corrected chi connectivity index (χ2v) is 6.47. The Bertz CT molecular complexity index is 543. The number of benzene rings is 1. The zero-order chi connectivity index (χ0) is 16.8. The molecule has 2 aliphatic heterocycles. The second-order valence-electron chi connectivity index (χ2n) is 6.47.